The van der Waals surface area contributed by atoms with Gasteiger partial charge in [0.05, 0.1) is 26.5 Å². The molecule has 0 aromatic heterocycles. The summed E-state index contributed by atoms with van der Waals surface area (Å²) in [4.78, 5) is 25.7. The monoisotopic (exact) mass is 655 g/mol. The van der Waals surface area contributed by atoms with Gasteiger partial charge >= 0.3 is 6.03 Å². The van der Waals surface area contributed by atoms with Crippen molar-refractivity contribution in [2.45, 2.75) is 6.61 Å². The van der Waals surface area contributed by atoms with Gasteiger partial charge in [-0.05, 0) is 87.8 Å². The maximum absolute atomic E-state index is 13.2. The first-order valence-electron chi connectivity index (χ1n) is 10.7. The summed E-state index contributed by atoms with van der Waals surface area (Å²) < 4.78 is 25.2. The standard InChI is InChI=1S/C25H17BrCl2FN3O4S2/c1-35-20-9-14(8-17(26)22(20)36-12-13-2-4-15(29)5-3-13)10-21-23(33)32(25(37)38-21)31-24(34)30-16-6-7-18(27)19(28)11-16/h2-11H,12H2,1H3,(H2,30,31,34)/b21-10+. The van der Waals surface area contributed by atoms with Gasteiger partial charge in [-0.2, -0.15) is 5.01 Å². The number of benzene rings is 3. The molecule has 0 bridgehead atoms. The van der Waals surface area contributed by atoms with Gasteiger partial charge in [0.15, 0.2) is 15.8 Å². The van der Waals surface area contributed by atoms with E-state index in [9.17, 15) is 14.0 Å². The minimum absolute atomic E-state index is 0.149. The molecule has 3 amide bonds. The summed E-state index contributed by atoms with van der Waals surface area (Å²) in [7, 11) is 1.49. The van der Waals surface area contributed by atoms with Crippen LogP contribution in [0.25, 0.3) is 6.08 Å². The first-order valence-corrected chi connectivity index (χ1v) is 13.5. The molecule has 2 N–H and O–H groups in total. The van der Waals surface area contributed by atoms with Crippen LogP contribution in [0.1, 0.15) is 11.1 Å². The van der Waals surface area contributed by atoms with Gasteiger partial charge in [-0.1, -0.05) is 47.1 Å². The Kier molecular flexibility index (Phi) is 9.16. The van der Waals surface area contributed by atoms with E-state index in [4.69, 9.17) is 44.9 Å². The molecule has 3 aromatic carbocycles. The first-order chi connectivity index (χ1) is 18.1. The van der Waals surface area contributed by atoms with E-state index in [0.29, 0.717) is 37.2 Å². The van der Waals surface area contributed by atoms with E-state index in [1.54, 1.807) is 36.4 Å². The fourth-order valence-electron chi connectivity index (χ4n) is 3.25. The third kappa shape index (κ3) is 6.78. The summed E-state index contributed by atoms with van der Waals surface area (Å²) in [5.41, 5.74) is 4.23. The Morgan fingerprint density at radius 1 is 1.16 bits per heavy atom. The van der Waals surface area contributed by atoms with Crippen molar-refractivity contribution in [3.8, 4) is 11.5 Å². The van der Waals surface area contributed by atoms with E-state index in [1.807, 2.05) is 0 Å². The highest BCUT2D eigenvalue weighted by Gasteiger charge is 2.33. The first kappa shape index (κ1) is 28.2. The summed E-state index contributed by atoms with van der Waals surface area (Å²) in [6, 6.07) is 13.3. The number of amides is 3. The number of anilines is 1. The van der Waals surface area contributed by atoms with Crippen LogP contribution in [0.3, 0.4) is 0 Å². The molecule has 196 valence electrons. The Hall–Kier alpha value is -2.83. The minimum atomic E-state index is -0.687. The molecule has 0 unspecified atom stereocenters. The average molecular weight is 657 g/mol. The predicted molar refractivity (Wildman–Crippen MR) is 155 cm³/mol. The quantitative estimate of drug-likeness (QED) is 0.204. The zero-order valence-corrected chi connectivity index (χ0v) is 24.1. The van der Waals surface area contributed by atoms with Crippen molar-refractivity contribution in [2.24, 2.45) is 0 Å². The van der Waals surface area contributed by atoms with Crippen molar-refractivity contribution >= 4 is 91.1 Å². The number of carbonyl (C=O) groups excluding carboxylic acids is 2. The Balaban J connectivity index is 1.46. The van der Waals surface area contributed by atoms with Gasteiger partial charge in [-0.15, -0.1) is 0 Å². The summed E-state index contributed by atoms with van der Waals surface area (Å²) >= 11 is 21.7. The molecule has 1 fully saturated rings. The number of ether oxygens (including phenoxy) is 2. The van der Waals surface area contributed by atoms with Crippen molar-refractivity contribution in [2.75, 3.05) is 12.4 Å². The van der Waals surface area contributed by atoms with Crippen LogP contribution >= 0.6 is 63.1 Å². The largest absolute Gasteiger partial charge is 0.493 e. The molecule has 0 saturated carbocycles. The molecule has 1 heterocycles. The zero-order valence-electron chi connectivity index (χ0n) is 19.4. The molecule has 13 heteroatoms. The summed E-state index contributed by atoms with van der Waals surface area (Å²) in [6.45, 7) is 0.198. The second-order valence-corrected chi connectivity index (χ2v) is 11.0. The molecule has 0 radical (unpaired) electrons. The highest BCUT2D eigenvalue weighted by molar-refractivity contribution is 9.10. The Morgan fingerprint density at radius 3 is 2.58 bits per heavy atom. The lowest BCUT2D eigenvalue weighted by molar-refractivity contribution is -0.123. The van der Waals surface area contributed by atoms with E-state index in [0.717, 1.165) is 22.3 Å². The molecule has 1 aliphatic rings. The number of halogens is 4. The number of hydrazine groups is 1. The minimum Gasteiger partial charge on any atom is -0.493 e. The van der Waals surface area contributed by atoms with Crippen LogP contribution in [0, 0.1) is 5.82 Å². The Morgan fingerprint density at radius 2 is 1.89 bits per heavy atom. The number of carbonyl (C=O) groups is 2. The van der Waals surface area contributed by atoms with Crippen LogP contribution in [-0.2, 0) is 11.4 Å². The van der Waals surface area contributed by atoms with E-state index in [-0.39, 0.29) is 21.8 Å². The van der Waals surface area contributed by atoms with E-state index < -0.39 is 11.9 Å². The zero-order chi connectivity index (χ0) is 27.4. The van der Waals surface area contributed by atoms with Crippen molar-refractivity contribution in [1.82, 2.24) is 10.4 Å². The van der Waals surface area contributed by atoms with E-state index in [2.05, 4.69) is 26.7 Å². The van der Waals surface area contributed by atoms with Crippen LogP contribution in [0.4, 0.5) is 14.9 Å². The lowest BCUT2D eigenvalue weighted by atomic mass is 10.1. The van der Waals surface area contributed by atoms with Crippen molar-refractivity contribution in [3.05, 3.63) is 91.0 Å². The Bertz CT molecular complexity index is 1460. The third-order valence-electron chi connectivity index (χ3n) is 5.03. The molecule has 0 aliphatic carbocycles. The maximum Gasteiger partial charge on any atom is 0.338 e. The molecular formula is C25H17BrCl2FN3O4S2. The third-order valence-corrected chi connectivity index (χ3v) is 7.66. The van der Waals surface area contributed by atoms with Gasteiger partial charge in [0.2, 0.25) is 0 Å². The molecule has 1 aliphatic heterocycles. The summed E-state index contributed by atoms with van der Waals surface area (Å²) in [5.74, 6) is 0.0325. The predicted octanol–water partition coefficient (Wildman–Crippen LogP) is 7.42. The molecule has 4 rings (SSSR count). The number of urea groups is 1. The van der Waals surface area contributed by atoms with Crippen molar-refractivity contribution < 1.29 is 23.5 Å². The van der Waals surface area contributed by atoms with Crippen molar-refractivity contribution in [1.29, 1.82) is 0 Å². The van der Waals surface area contributed by atoms with Crippen LogP contribution in [0.15, 0.2) is 64.0 Å². The lowest BCUT2D eigenvalue weighted by Crippen LogP contribution is -2.46. The van der Waals surface area contributed by atoms with E-state index >= 15 is 0 Å². The topological polar surface area (TPSA) is 79.9 Å². The van der Waals surface area contributed by atoms with E-state index in [1.165, 1.54) is 31.4 Å². The van der Waals surface area contributed by atoms with Gasteiger partial charge in [-0.3, -0.25) is 4.79 Å². The molecule has 0 atom stereocenters. The van der Waals surface area contributed by atoms with Crippen LogP contribution in [-0.4, -0.2) is 28.4 Å². The highest BCUT2D eigenvalue weighted by atomic mass is 79.9. The highest BCUT2D eigenvalue weighted by Crippen LogP contribution is 2.39. The van der Waals surface area contributed by atoms with Gasteiger partial charge < -0.3 is 14.8 Å². The Labute approximate surface area is 245 Å². The molecule has 1 saturated heterocycles. The number of hydrogen-bond donors (Lipinski definition) is 2. The van der Waals surface area contributed by atoms with Crippen molar-refractivity contribution in [3.63, 3.8) is 0 Å². The van der Waals surface area contributed by atoms with Gasteiger partial charge in [0.25, 0.3) is 5.91 Å². The molecule has 3 aromatic rings. The molecule has 7 nitrogen and oxygen atoms in total. The van der Waals surface area contributed by atoms with Crippen LogP contribution in [0.2, 0.25) is 10.0 Å². The normalized spacial score (nSPS) is 14.1. The van der Waals surface area contributed by atoms with Gasteiger partial charge in [0, 0.05) is 5.69 Å². The number of rotatable bonds is 7. The van der Waals surface area contributed by atoms with Crippen LogP contribution in [0.5, 0.6) is 11.5 Å². The van der Waals surface area contributed by atoms with Gasteiger partial charge in [-0.25, -0.2) is 14.6 Å². The number of nitrogens with zero attached hydrogens (tertiary/aromatic N) is 1. The lowest BCUT2D eigenvalue weighted by Gasteiger charge is -2.16. The summed E-state index contributed by atoms with van der Waals surface area (Å²) in [6.07, 6.45) is 1.62. The second kappa shape index (κ2) is 12.4. The van der Waals surface area contributed by atoms with Gasteiger partial charge in [0.1, 0.15) is 12.4 Å². The fraction of sp³-hybridized carbons (Fsp3) is 0.0800. The summed E-state index contributed by atoms with van der Waals surface area (Å²) in [5, 5.41) is 4.16. The van der Waals surface area contributed by atoms with Crippen LogP contribution < -0.4 is 20.2 Å². The fourth-order valence-corrected chi connectivity index (χ4v) is 5.30. The number of nitrogens with one attached hydrogen (secondary N) is 2. The number of hydrogen-bond acceptors (Lipinski definition) is 6. The SMILES string of the molecule is COc1cc(/C=C2/SC(=S)N(NC(=O)Nc3ccc(Cl)c(Cl)c3)C2=O)cc(Br)c1OCc1ccc(F)cc1. The number of thiocarbonyl (C=S) groups is 1. The maximum atomic E-state index is 13.2. The smallest absolute Gasteiger partial charge is 0.338 e. The molecule has 38 heavy (non-hydrogen) atoms. The number of methoxy groups -OCH3 is 1. The number of thioether (sulfide) groups is 1. The second-order valence-electron chi connectivity index (χ2n) is 7.66. The molecular weight excluding hydrogens is 640 g/mol. The molecule has 0 spiro atoms. The average Bonchev–Trinajstić information content (AvgIpc) is 3.13.